The molecule has 0 N–H and O–H groups in total. The molecule has 20 heavy (non-hydrogen) atoms. The molecule has 0 amide bonds. The van der Waals surface area contributed by atoms with Crippen molar-refractivity contribution in [3.8, 4) is 5.75 Å². The summed E-state index contributed by atoms with van der Waals surface area (Å²) in [4.78, 5) is 23.9. The molecule has 0 aliphatic carbocycles. The monoisotopic (exact) mass is 338 g/mol. The Morgan fingerprint density at radius 1 is 1.00 bits per heavy atom. The van der Waals surface area contributed by atoms with Gasteiger partial charge >= 0.3 is 121 Å². The molecule has 0 unspecified atom stereocenters. The second kappa shape index (κ2) is 6.46. The first-order valence-electron chi connectivity index (χ1n) is 5.77. The van der Waals surface area contributed by atoms with Crippen LogP contribution < -0.4 is 4.74 Å². The van der Waals surface area contributed by atoms with Crippen molar-refractivity contribution in [2.24, 2.45) is 0 Å². The molecule has 0 bridgehead atoms. The summed E-state index contributed by atoms with van der Waals surface area (Å²) >= 11 is -0.975. The Labute approximate surface area is 121 Å². The maximum absolute atomic E-state index is 13.5. The summed E-state index contributed by atoms with van der Waals surface area (Å²) in [7, 11) is 1.53. The third-order valence-electron chi connectivity index (χ3n) is 2.60. The van der Waals surface area contributed by atoms with E-state index in [1.165, 1.54) is 25.3 Å². The number of halogens is 1. The van der Waals surface area contributed by atoms with Crippen molar-refractivity contribution in [1.29, 1.82) is 0 Å². The number of benzene rings is 2. The molecule has 0 saturated carbocycles. The molecule has 0 atom stereocenters. The van der Waals surface area contributed by atoms with E-state index in [9.17, 15) is 14.0 Å². The third kappa shape index (κ3) is 3.32. The van der Waals surface area contributed by atoms with Crippen LogP contribution in [0.3, 0.4) is 0 Å². The topological polar surface area (TPSA) is 43.4 Å². The molecule has 102 valence electrons. The second-order valence-electron chi connectivity index (χ2n) is 3.89. The fourth-order valence-corrected chi connectivity index (χ4v) is 3.02. The van der Waals surface area contributed by atoms with Crippen LogP contribution in [0.2, 0.25) is 0 Å². The van der Waals surface area contributed by atoms with E-state index in [4.69, 9.17) is 4.74 Å². The van der Waals surface area contributed by atoms with Crippen LogP contribution >= 0.6 is 0 Å². The molecule has 0 fully saturated rings. The molecular formula is C15H11FO3Se. The van der Waals surface area contributed by atoms with E-state index in [0.29, 0.717) is 11.3 Å². The minimum absolute atomic E-state index is 0.0330. The fraction of sp³-hybridized carbons (Fsp3) is 0.0667. The second-order valence-corrected chi connectivity index (χ2v) is 5.87. The van der Waals surface area contributed by atoms with E-state index >= 15 is 0 Å². The van der Waals surface area contributed by atoms with Crippen molar-refractivity contribution < 1.29 is 18.7 Å². The van der Waals surface area contributed by atoms with E-state index in [1.807, 2.05) is 0 Å². The van der Waals surface area contributed by atoms with Crippen molar-refractivity contribution in [2.45, 2.75) is 0 Å². The van der Waals surface area contributed by atoms with E-state index in [2.05, 4.69) is 0 Å². The first-order valence-corrected chi connectivity index (χ1v) is 7.48. The van der Waals surface area contributed by atoms with Gasteiger partial charge in [-0.15, -0.1) is 0 Å². The molecule has 0 saturated heterocycles. The van der Waals surface area contributed by atoms with Crippen molar-refractivity contribution >= 4 is 24.3 Å². The van der Waals surface area contributed by atoms with Gasteiger partial charge in [-0.1, -0.05) is 0 Å². The van der Waals surface area contributed by atoms with Gasteiger partial charge in [-0.2, -0.15) is 0 Å². The van der Waals surface area contributed by atoms with Crippen molar-refractivity contribution in [1.82, 2.24) is 0 Å². The Kier molecular flexibility index (Phi) is 4.66. The van der Waals surface area contributed by atoms with Crippen LogP contribution in [0.25, 0.3) is 0 Å². The van der Waals surface area contributed by atoms with E-state index in [0.717, 1.165) is 0 Å². The number of rotatable bonds is 5. The maximum atomic E-state index is 13.5. The van der Waals surface area contributed by atoms with Crippen LogP contribution in [-0.4, -0.2) is 31.4 Å². The zero-order valence-electron chi connectivity index (χ0n) is 10.6. The van der Waals surface area contributed by atoms with Gasteiger partial charge in [-0.3, -0.25) is 0 Å². The van der Waals surface area contributed by atoms with Gasteiger partial charge in [-0.05, 0) is 0 Å². The first kappa shape index (κ1) is 14.4. The third-order valence-corrected chi connectivity index (χ3v) is 4.34. The zero-order valence-corrected chi connectivity index (χ0v) is 12.3. The van der Waals surface area contributed by atoms with Gasteiger partial charge in [0.1, 0.15) is 0 Å². The number of hydrogen-bond acceptors (Lipinski definition) is 3. The molecule has 2 rings (SSSR count). The Bertz CT molecular complexity index is 638. The van der Waals surface area contributed by atoms with Crippen LogP contribution in [0.4, 0.5) is 4.39 Å². The quantitative estimate of drug-likeness (QED) is 0.788. The number of hydrogen-bond donors (Lipinski definition) is 0. The van der Waals surface area contributed by atoms with Crippen molar-refractivity contribution in [3.63, 3.8) is 0 Å². The number of carbonyl (C=O) groups excluding carboxylic acids is 2. The summed E-state index contributed by atoms with van der Waals surface area (Å²) < 4.78 is 17.7. The molecule has 0 aliphatic heterocycles. The summed E-state index contributed by atoms with van der Waals surface area (Å²) in [6, 6.07) is 12.2. The Morgan fingerprint density at radius 2 is 1.65 bits per heavy atom. The average Bonchev–Trinajstić information content (AvgIpc) is 2.47. The van der Waals surface area contributed by atoms with Crippen LogP contribution in [0.15, 0.2) is 48.5 Å². The van der Waals surface area contributed by atoms with Gasteiger partial charge in [-0.25, -0.2) is 0 Å². The average molecular weight is 337 g/mol. The molecule has 0 aromatic heterocycles. The number of ether oxygens (including phenoxy) is 1. The molecular weight excluding hydrogens is 326 g/mol. The molecule has 0 heterocycles. The van der Waals surface area contributed by atoms with Gasteiger partial charge in [0.2, 0.25) is 0 Å². The summed E-state index contributed by atoms with van der Waals surface area (Å²) in [6.07, 6.45) is 0. The van der Waals surface area contributed by atoms with Crippen molar-refractivity contribution in [3.05, 3.63) is 65.5 Å². The minimum atomic E-state index is -0.975. The zero-order chi connectivity index (χ0) is 14.5. The molecule has 2 aromatic carbocycles. The van der Waals surface area contributed by atoms with Crippen molar-refractivity contribution in [2.75, 3.05) is 7.11 Å². The Balaban J connectivity index is 2.11. The van der Waals surface area contributed by atoms with Gasteiger partial charge in [0, 0.05) is 0 Å². The van der Waals surface area contributed by atoms with Gasteiger partial charge in [0.25, 0.3) is 0 Å². The number of carbonyl (C=O) groups is 2. The van der Waals surface area contributed by atoms with Gasteiger partial charge in [0.15, 0.2) is 0 Å². The Hall–Kier alpha value is -1.97. The summed E-state index contributed by atoms with van der Waals surface area (Å²) in [5.41, 5.74) is 0.393. The standard InChI is InChI=1S/C15H11FO3Se/c1-19-11-8-6-10(7-9-11)14(17)20-15(18)12-4-2-3-5-13(12)16/h2-9H,1H3. The molecule has 0 aliphatic rings. The van der Waals surface area contributed by atoms with Crippen LogP contribution in [-0.2, 0) is 0 Å². The number of methoxy groups -OCH3 is 1. The van der Waals surface area contributed by atoms with E-state index in [1.54, 1.807) is 30.3 Å². The van der Waals surface area contributed by atoms with Crippen LogP contribution in [0.5, 0.6) is 5.75 Å². The van der Waals surface area contributed by atoms with Crippen LogP contribution in [0, 0.1) is 5.82 Å². The molecule has 2 aromatic rings. The first-order chi connectivity index (χ1) is 9.61. The predicted molar refractivity (Wildman–Crippen MR) is 73.8 cm³/mol. The SMILES string of the molecule is COc1ccc(C(=O)[Se]C(=O)c2ccccc2F)cc1. The Morgan fingerprint density at radius 3 is 2.25 bits per heavy atom. The molecule has 5 heteroatoms. The molecule has 0 spiro atoms. The molecule has 3 nitrogen and oxygen atoms in total. The normalized spacial score (nSPS) is 10.1. The fourth-order valence-electron chi connectivity index (χ4n) is 1.55. The molecule has 0 radical (unpaired) electrons. The summed E-state index contributed by atoms with van der Waals surface area (Å²) in [6.45, 7) is 0. The van der Waals surface area contributed by atoms with Crippen LogP contribution in [0.1, 0.15) is 20.7 Å². The predicted octanol–water partition coefficient (Wildman–Crippen LogP) is 2.52. The summed E-state index contributed by atoms with van der Waals surface area (Å²) in [5, 5.41) is 0. The van der Waals surface area contributed by atoms with Gasteiger partial charge in [0.05, 0.1) is 0 Å². The van der Waals surface area contributed by atoms with E-state index in [-0.39, 0.29) is 10.2 Å². The summed E-state index contributed by atoms with van der Waals surface area (Å²) in [5.74, 6) is 0.0383. The van der Waals surface area contributed by atoms with Gasteiger partial charge < -0.3 is 0 Å². The van der Waals surface area contributed by atoms with E-state index < -0.39 is 25.5 Å².